The number of nitrogens with zero attached hydrogens (tertiary/aromatic N) is 2. The Balaban J connectivity index is 1.29. The van der Waals surface area contributed by atoms with E-state index < -0.39 is 0 Å². The second-order valence-corrected chi connectivity index (χ2v) is 8.63. The van der Waals surface area contributed by atoms with Crippen molar-refractivity contribution < 1.29 is 9.53 Å². The van der Waals surface area contributed by atoms with Crippen molar-refractivity contribution in [2.75, 3.05) is 26.7 Å². The Kier molecular flexibility index (Phi) is 3.70. The van der Waals surface area contributed by atoms with Gasteiger partial charge in [0.2, 0.25) is 5.91 Å². The highest BCUT2D eigenvalue weighted by molar-refractivity contribution is 5.99. The Bertz CT molecular complexity index is 968. The number of hydrogen-bond donors (Lipinski definition) is 2. The molecule has 0 saturated carbocycles. The molecule has 146 valence electrons. The van der Waals surface area contributed by atoms with Crippen molar-refractivity contribution in [1.82, 2.24) is 20.3 Å². The van der Waals surface area contributed by atoms with Gasteiger partial charge in [-0.25, -0.2) is 5.01 Å². The van der Waals surface area contributed by atoms with Crippen molar-refractivity contribution in [3.8, 4) is 0 Å². The van der Waals surface area contributed by atoms with E-state index in [1.165, 1.54) is 27.6 Å². The average Bonchev–Trinajstić information content (AvgIpc) is 3.30. The molecule has 2 N–H and O–H groups in total. The van der Waals surface area contributed by atoms with Crippen LogP contribution in [0.4, 0.5) is 0 Å². The predicted octanol–water partition coefficient (Wildman–Crippen LogP) is 1.93. The molecule has 4 atom stereocenters. The fourth-order valence-electron chi connectivity index (χ4n) is 5.48. The highest BCUT2D eigenvalue weighted by Gasteiger charge is 2.38. The molecule has 2 fully saturated rings. The molecular weight excluding hydrogens is 352 g/mol. The largest absolute Gasteiger partial charge is 0.372 e. The number of aromatic amines is 1. The summed E-state index contributed by atoms with van der Waals surface area (Å²) >= 11 is 0. The van der Waals surface area contributed by atoms with Crippen molar-refractivity contribution >= 4 is 22.4 Å². The van der Waals surface area contributed by atoms with Gasteiger partial charge in [0.05, 0.1) is 18.1 Å². The number of nitrogens with one attached hydrogen (secondary N) is 2. The van der Waals surface area contributed by atoms with E-state index in [-0.39, 0.29) is 24.0 Å². The molecule has 28 heavy (non-hydrogen) atoms. The number of H-pyrrole nitrogens is 1. The summed E-state index contributed by atoms with van der Waals surface area (Å²) < 4.78 is 5.92. The number of fused-ring (bicyclic) bond motifs is 4. The number of hydrogen-bond acceptors (Lipinski definition) is 4. The molecule has 1 aromatic heterocycles. The lowest BCUT2D eigenvalue weighted by atomic mass is 9.80. The molecule has 1 amide bonds. The van der Waals surface area contributed by atoms with Crippen molar-refractivity contribution in [2.24, 2.45) is 5.92 Å². The van der Waals surface area contributed by atoms with Crippen molar-refractivity contribution in [2.45, 2.75) is 37.5 Å². The predicted molar refractivity (Wildman–Crippen MR) is 107 cm³/mol. The molecule has 4 aliphatic rings. The molecule has 2 aromatic rings. The Morgan fingerprint density at radius 1 is 1.25 bits per heavy atom. The molecule has 6 heteroatoms. The van der Waals surface area contributed by atoms with E-state index in [0.717, 1.165) is 32.4 Å². The van der Waals surface area contributed by atoms with Gasteiger partial charge in [0, 0.05) is 49.8 Å². The maximum atomic E-state index is 13.3. The van der Waals surface area contributed by atoms with Crippen LogP contribution >= 0.6 is 0 Å². The zero-order valence-corrected chi connectivity index (χ0v) is 16.1. The first-order valence-corrected chi connectivity index (χ1v) is 10.4. The van der Waals surface area contributed by atoms with Crippen LogP contribution < -0.4 is 5.32 Å². The Morgan fingerprint density at radius 3 is 2.89 bits per heavy atom. The number of morpholine rings is 1. The van der Waals surface area contributed by atoms with E-state index >= 15 is 0 Å². The fourth-order valence-corrected chi connectivity index (χ4v) is 5.48. The van der Waals surface area contributed by atoms with E-state index in [0.29, 0.717) is 12.6 Å². The quantitative estimate of drug-likeness (QED) is 0.838. The van der Waals surface area contributed by atoms with E-state index in [4.69, 9.17) is 4.74 Å². The summed E-state index contributed by atoms with van der Waals surface area (Å²) in [5.74, 6) is 0.0410. The van der Waals surface area contributed by atoms with Crippen LogP contribution in [0.2, 0.25) is 0 Å². The lowest BCUT2D eigenvalue weighted by Gasteiger charge is -2.40. The molecule has 0 spiro atoms. The summed E-state index contributed by atoms with van der Waals surface area (Å²) in [5.41, 5.74) is 5.09. The molecule has 0 radical (unpaired) electrons. The summed E-state index contributed by atoms with van der Waals surface area (Å²) in [5, 5.41) is 8.99. The number of hydrazine groups is 1. The van der Waals surface area contributed by atoms with Crippen LogP contribution in [0.15, 0.2) is 30.5 Å². The van der Waals surface area contributed by atoms with Gasteiger partial charge in [0.15, 0.2) is 0 Å². The Labute approximate surface area is 164 Å². The molecule has 2 bridgehead atoms. The van der Waals surface area contributed by atoms with Crippen LogP contribution in [-0.2, 0) is 16.0 Å². The lowest BCUT2D eigenvalue weighted by molar-refractivity contribution is -0.163. The number of ether oxygens (including phenoxy) is 1. The molecule has 6 nitrogen and oxygen atoms in total. The van der Waals surface area contributed by atoms with Gasteiger partial charge < -0.3 is 15.0 Å². The van der Waals surface area contributed by atoms with Crippen LogP contribution in [-0.4, -0.2) is 65.8 Å². The Hall–Kier alpha value is -2.15. The molecule has 2 saturated heterocycles. The first kappa shape index (κ1) is 16.8. The fraction of sp³-hybridized carbons (Fsp3) is 0.500. The summed E-state index contributed by atoms with van der Waals surface area (Å²) in [7, 11) is 1.92. The molecule has 4 heterocycles. The first-order valence-electron chi connectivity index (χ1n) is 10.4. The van der Waals surface area contributed by atoms with E-state index in [9.17, 15) is 4.79 Å². The van der Waals surface area contributed by atoms with Gasteiger partial charge in [0.25, 0.3) is 0 Å². The minimum atomic E-state index is -0.132. The standard InChI is InChI=1S/C22H26N4O2/c1-25(26-11-15-5-6-16(12-26)28-15)22(27)14-7-18-17-3-2-4-19-21(17)13(9-23-19)8-20(18)24-10-14/h2-4,7,9,14-16,20,23-24H,5-6,8,10-12H2,1H3/t14-,15-,16+,20-/m1/s1. The van der Waals surface area contributed by atoms with E-state index in [1.807, 2.05) is 12.1 Å². The van der Waals surface area contributed by atoms with Crippen molar-refractivity contribution in [3.05, 3.63) is 41.6 Å². The van der Waals surface area contributed by atoms with E-state index in [2.05, 4.69) is 45.8 Å². The van der Waals surface area contributed by atoms with Gasteiger partial charge in [-0.15, -0.1) is 0 Å². The van der Waals surface area contributed by atoms with Crippen LogP contribution in [0.3, 0.4) is 0 Å². The van der Waals surface area contributed by atoms with Gasteiger partial charge in [-0.3, -0.25) is 9.80 Å². The number of amides is 1. The maximum Gasteiger partial charge on any atom is 0.244 e. The minimum absolute atomic E-state index is 0.132. The SMILES string of the molecule is CN(C(=O)[C@@H]1C=C2c3cccc4[nH]cc(c34)C[C@H]2NC1)N1C[C@H]2CC[C@@H](C1)O2. The van der Waals surface area contributed by atoms with Gasteiger partial charge in [-0.05, 0) is 42.0 Å². The van der Waals surface area contributed by atoms with Crippen LogP contribution in [0.5, 0.6) is 0 Å². The highest BCUT2D eigenvalue weighted by Crippen LogP contribution is 2.38. The average molecular weight is 378 g/mol. The molecule has 1 aromatic carbocycles. The summed E-state index contributed by atoms with van der Waals surface area (Å²) in [6.07, 6.45) is 8.12. The summed E-state index contributed by atoms with van der Waals surface area (Å²) in [4.78, 5) is 16.7. The third-order valence-corrected chi connectivity index (χ3v) is 6.95. The molecular formula is C22H26N4O2. The zero-order valence-electron chi connectivity index (χ0n) is 16.1. The van der Waals surface area contributed by atoms with Crippen LogP contribution in [0.1, 0.15) is 24.0 Å². The number of rotatable bonds is 2. The summed E-state index contributed by atoms with van der Waals surface area (Å²) in [6, 6.07) is 6.71. The highest BCUT2D eigenvalue weighted by atomic mass is 16.5. The first-order chi connectivity index (χ1) is 13.7. The summed E-state index contributed by atoms with van der Waals surface area (Å²) in [6.45, 7) is 2.35. The second kappa shape index (κ2) is 6.17. The number of benzene rings is 1. The van der Waals surface area contributed by atoms with Crippen molar-refractivity contribution in [3.63, 3.8) is 0 Å². The van der Waals surface area contributed by atoms with Gasteiger partial charge in [-0.2, -0.15) is 0 Å². The van der Waals surface area contributed by atoms with E-state index in [1.54, 1.807) is 0 Å². The molecule has 1 aliphatic carbocycles. The van der Waals surface area contributed by atoms with Crippen molar-refractivity contribution in [1.29, 1.82) is 0 Å². The molecule has 0 unspecified atom stereocenters. The third-order valence-electron chi connectivity index (χ3n) is 6.95. The second-order valence-electron chi connectivity index (χ2n) is 8.63. The monoisotopic (exact) mass is 378 g/mol. The topological polar surface area (TPSA) is 60.6 Å². The number of carbonyl (C=O) groups excluding carboxylic acids is 1. The molecule has 3 aliphatic heterocycles. The molecule has 6 rings (SSSR count). The Morgan fingerprint density at radius 2 is 2.07 bits per heavy atom. The third kappa shape index (κ3) is 2.48. The van der Waals surface area contributed by atoms with Gasteiger partial charge in [-0.1, -0.05) is 18.2 Å². The van der Waals surface area contributed by atoms with Gasteiger partial charge >= 0.3 is 0 Å². The normalized spacial score (nSPS) is 31.5. The zero-order chi connectivity index (χ0) is 18.8. The minimum Gasteiger partial charge on any atom is -0.372 e. The number of carbonyl (C=O) groups is 1. The van der Waals surface area contributed by atoms with Crippen LogP contribution in [0, 0.1) is 5.92 Å². The smallest absolute Gasteiger partial charge is 0.244 e. The van der Waals surface area contributed by atoms with Crippen LogP contribution in [0.25, 0.3) is 16.5 Å². The lowest BCUT2D eigenvalue weighted by Crippen LogP contribution is -2.55. The number of aromatic nitrogens is 1. The van der Waals surface area contributed by atoms with Gasteiger partial charge in [0.1, 0.15) is 0 Å². The maximum absolute atomic E-state index is 13.3.